The molecule has 5 rings (SSSR count). The highest BCUT2D eigenvalue weighted by Crippen LogP contribution is 2.36. The van der Waals surface area contributed by atoms with E-state index in [4.69, 9.17) is 16.6 Å². The maximum Gasteiger partial charge on any atom is 0.288 e. The molecule has 1 aliphatic heterocycles. The molecule has 1 saturated heterocycles. The Morgan fingerprint density at radius 2 is 2.00 bits per heavy atom. The van der Waals surface area contributed by atoms with Gasteiger partial charge in [-0.05, 0) is 37.4 Å². The van der Waals surface area contributed by atoms with Gasteiger partial charge in [-0.15, -0.1) is 27.8 Å². The van der Waals surface area contributed by atoms with Crippen molar-refractivity contribution < 1.29 is 9.72 Å². The van der Waals surface area contributed by atoms with E-state index in [0.717, 1.165) is 33.4 Å². The fourth-order valence-electron chi connectivity index (χ4n) is 3.82. The summed E-state index contributed by atoms with van der Waals surface area (Å²) in [5.41, 5.74) is 2.49. The summed E-state index contributed by atoms with van der Waals surface area (Å²) in [6.07, 6.45) is 1.60. The number of nitro groups is 1. The number of hydrogen-bond donors (Lipinski definition) is 0. The molecule has 0 N–H and O–H groups in total. The largest absolute Gasteiger partial charge is 0.337 e. The summed E-state index contributed by atoms with van der Waals surface area (Å²) in [7, 11) is 0. The normalized spacial score (nSPS) is 14.5. The number of aryl methyl sites for hydroxylation is 1. The molecule has 0 bridgehead atoms. The molecule has 1 amide bonds. The smallest absolute Gasteiger partial charge is 0.288 e. The van der Waals surface area contributed by atoms with Gasteiger partial charge in [-0.2, -0.15) is 0 Å². The van der Waals surface area contributed by atoms with Crippen LogP contribution < -0.4 is 0 Å². The Morgan fingerprint density at radius 3 is 2.71 bits per heavy atom. The molecule has 0 spiro atoms. The molecule has 1 aromatic carbocycles. The SMILES string of the molecule is Cc1nnsc1-c1nc(C(=O)N2CCC(c3nc(-c4ccc(Cl)c([N+](=O)[O-])c4)cs3)CC2)cs1. The van der Waals surface area contributed by atoms with Crippen LogP contribution in [0.25, 0.3) is 21.1 Å². The predicted octanol–water partition coefficient (Wildman–Crippen LogP) is 5.67. The zero-order valence-corrected chi connectivity index (χ0v) is 21.0. The molecule has 1 aliphatic rings. The van der Waals surface area contributed by atoms with E-state index in [1.165, 1.54) is 46.3 Å². The van der Waals surface area contributed by atoms with E-state index in [1.54, 1.807) is 11.4 Å². The van der Waals surface area contributed by atoms with E-state index in [0.29, 0.717) is 30.0 Å². The standard InChI is InChI=1S/C21H17ClN6O3S3/c1-11-18(34-26-25-11)20-24-16(10-33-20)21(29)27-6-4-12(5-7-27)19-23-15(9-32-19)13-2-3-14(22)17(8-13)28(30)31/h2-3,8-10,12H,4-7H2,1H3. The highest BCUT2D eigenvalue weighted by Gasteiger charge is 2.28. The van der Waals surface area contributed by atoms with E-state index in [1.807, 2.05) is 17.2 Å². The topological polar surface area (TPSA) is 115 Å². The number of nitrogens with zero attached hydrogens (tertiary/aromatic N) is 6. The molecule has 0 radical (unpaired) electrons. The first-order valence-electron chi connectivity index (χ1n) is 10.3. The molecule has 34 heavy (non-hydrogen) atoms. The van der Waals surface area contributed by atoms with Crippen molar-refractivity contribution in [2.75, 3.05) is 13.1 Å². The van der Waals surface area contributed by atoms with Gasteiger partial charge in [-0.3, -0.25) is 14.9 Å². The van der Waals surface area contributed by atoms with Crippen LogP contribution in [-0.4, -0.2) is 48.4 Å². The van der Waals surface area contributed by atoms with Gasteiger partial charge in [0.1, 0.15) is 20.6 Å². The molecule has 13 heteroatoms. The number of carbonyl (C=O) groups is 1. The van der Waals surface area contributed by atoms with Gasteiger partial charge < -0.3 is 4.90 Å². The molecule has 0 unspecified atom stereocenters. The van der Waals surface area contributed by atoms with Crippen molar-refractivity contribution in [3.8, 4) is 21.1 Å². The number of aromatic nitrogens is 4. The van der Waals surface area contributed by atoms with E-state index in [2.05, 4.69) is 14.6 Å². The first kappa shape index (κ1) is 23.0. The number of carbonyl (C=O) groups excluding carboxylic acids is 1. The zero-order valence-electron chi connectivity index (χ0n) is 17.8. The number of likely N-dealkylation sites (tertiary alicyclic amines) is 1. The highest BCUT2D eigenvalue weighted by atomic mass is 35.5. The van der Waals surface area contributed by atoms with Crippen LogP contribution in [0.1, 0.15) is 39.9 Å². The van der Waals surface area contributed by atoms with E-state index >= 15 is 0 Å². The van der Waals surface area contributed by atoms with Crippen LogP contribution in [0.3, 0.4) is 0 Å². The molecule has 0 saturated carbocycles. The van der Waals surface area contributed by atoms with Crippen molar-refractivity contribution in [1.82, 2.24) is 24.5 Å². The van der Waals surface area contributed by atoms with Gasteiger partial charge in [0.25, 0.3) is 11.6 Å². The Morgan fingerprint density at radius 1 is 1.21 bits per heavy atom. The van der Waals surface area contributed by atoms with Crippen LogP contribution in [-0.2, 0) is 0 Å². The van der Waals surface area contributed by atoms with Gasteiger partial charge in [0, 0.05) is 41.4 Å². The molecule has 1 fully saturated rings. The fraction of sp³-hybridized carbons (Fsp3) is 0.286. The number of piperidine rings is 1. The maximum atomic E-state index is 13.0. The van der Waals surface area contributed by atoms with Gasteiger partial charge in [0.2, 0.25) is 0 Å². The van der Waals surface area contributed by atoms with Crippen LogP contribution in [0.4, 0.5) is 5.69 Å². The van der Waals surface area contributed by atoms with Crippen molar-refractivity contribution in [3.63, 3.8) is 0 Å². The summed E-state index contributed by atoms with van der Waals surface area (Å²) in [6.45, 7) is 3.13. The third-order valence-corrected chi connectivity index (χ3v) is 8.81. The molecule has 0 aliphatic carbocycles. The van der Waals surface area contributed by atoms with Crippen molar-refractivity contribution in [2.24, 2.45) is 0 Å². The maximum absolute atomic E-state index is 13.0. The van der Waals surface area contributed by atoms with Gasteiger partial charge >= 0.3 is 0 Å². The number of thiazole rings is 2. The molecule has 4 heterocycles. The fourth-order valence-corrected chi connectivity index (χ4v) is 6.58. The number of hydrogen-bond acceptors (Lipinski definition) is 10. The van der Waals surface area contributed by atoms with E-state index < -0.39 is 4.92 Å². The van der Waals surface area contributed by atoms with Crippen molar-refractivity contribution in [2.45, 2.75) is 25.7 Å². The first-order chi connectivity index (χ1) is 16.4. The Hall–Kier alpha value is -2.80. The average Bonchev–Trinajstić information content (AvgIpc) is 3.59. The number of benzene rings is 1. The third kappa shape index (κ3) is 4.45. The monoisotopic (exact) mass is 532 g/mol. The zero-order chi connectivity index (χ0) is 23.8. The summed E-state index contributed by atoms with van der Waals surface area (Å²) in [5.74, 6) is 0.173. The van der Waals surface area contributed by atoms with Crippen LogP contribution >= 0.6 is 45.8 Å². The molecular formula is C21H17ClN6O3S3. The third-order valence-electron chi connectivity index (χ3n) is 5.66. The molecule has 4 aromatic rings. The minimum atomic E-state index is -0.494. The van der Waals surface area contributed by atoms with Gasteiger partial charge in [-0.1, -0.05) is 22.2 Å². The number of rotatable bonds is 5. The lowest BCUT2D eigenvalue weighted by atomic mass is 9.97. The van der Waals surface area contributed by atoms with E-state index in [-0.39, 0.29) is 22.5 Å². The van der Waals surface area contributed by atoms with Gasteiger partial charge in [-0.25, -0.2) is 9.97 Å². The minimum absolute atomic E-state index is 0.0654. The summed E-state index contributed by atoms with van der Waals surface area (Å²) in [4.78, 5) is 35.7. The summed E-state index contributed by atoms with van der Waals surface area (Å²) < 4.78 is 3.94. The van der Waals surface area contributed by atoms with Crippen molar-refractivity contribution >= 4 is 57.4 Å². The average molecular weight is 533 g/mol. The van der Waals surface area contributed by atoms with Crippen LogP contribution in [0.2, 0.25) is 5.02 Å². The first-order valence-corrected chi connectivity index (χ1v) is 13.3. The van der Waals surface area contributed by atoms with Crippen molar-refractivity contribution in [3.05, 3.63) is 60.5 Å². The van der Waals surface area contributed by atoms with Crippen LogP contribution in [0.15, 0.2) is 29.0 Å². The van der Waals surface area contributed by atoms with Gasteiger partial charge in [0.05, 0.1) is 21.3 Å². The Balaban J connectivity index is 1.24. The Labute approximate surface area is 211 Å². The quantitative estimate of drug-likeness (QED) is 0.240. The molecule has 0 atom stereocenters. The van der Waals surface area contributed by atoms with E-state index in [9.17, 15) is 14.9 Å². The Kier molecular flexibility index (Phi) is 6.38. The number of halogens is 1. The second kappa shape index (κ2) is 9.45. The summed E-state index contributed by atoms with van der Waals surface area (Å²) in [5, 5.41) is 20.7. The Bertz CT molecular complexity index is 1380. The highest BCUT2D eigenvalue weighted by molar-refractivity contribution is 7.18. The molecule has 9 nitrogen and oxygen atoms in total. The summed E-state index contributed by atoms with van der Waals surface area (Å²) in [6, 6.07) is 4.71. The van der Waals surface area contributed by atoms with Crippen molar-refractivity contribution in [1.29, 1.82) is 0 Å². The minimum Gasteiger partial charge on any atom is -0.337 e. The lowest BCUT2D eigenvalue weighted by Crippen LogP contribution is -2.38. The lowest BCUT2D eigenvalue weighted by molar-refractivity contribution is -0.384. The number of nitro benzene ring substituents is 1. The molecule has 3 aromatic heterocycles. The second-order valence-corrected chi connectivity index (χ2v) is 10.7. The molecular weight excluding hydrogens is 516 g/mol. The van der Waals surface area contributed by atoms with Crippen LogP contribution in [0, 0.1) is 17.0 Å². The van der Waals surface area contributed by atoms with Crippen LogP contribution in [0.5, 0.6) is 0 Å². The molecule has 174 valence electrons. The summed E-state index contributed by atoms with van der Waals surface area (Å²) >= 11 is 10.2. The second-order valence-electron chi connectivity index (χ2n) is 7.79. The lowest BCUT2D eigenvalue weighted by Gasteiger charge is -2.30. The van der Waals surface area contributed by atoms with Gasteiger partial charge in [0.15, 0.2) is 0 Å². The predicted molar refractivity (Wildman–Crippen MR) is 133 cm³/mol. The number of amides is 1.